The van der Waals surface area contributed by atoms with Crippen LogP contribution in [0.3, 0.4) is 0 Å². The molecule has 0 saturated heterocycles. The number of nitrogens with one attached hydrogen (secondary N) is 2. The molecule has 1 aliphatic rings. The Bertz CT molecular complexity index is 223. The number of rotatable bonds is 2. The van der Waals surface area contributed by atoms with Gasteiger partial charge in [0.1, 0.15) is 9.92 Å². The predicted molar refractivity (Wildman–Crippen MR) is 46.7 cm³/mol. The van der Waals surface area contributed by atoms with E-state index in [1.807, 2.05) is 0 Å². The van der Waals surface area contributed by atoms with E-state index < -0.39 is 9.92 Å². The molecule has 3 atom stereocenters. The molecule has 0 aliphatic heterocycles. The Morgan fingerprint density at radius 1 is 1.55 bits per heavy atom. The summed E-state index contributed by atoms with van der Waals surface area (Å²) in [5.41, 5.74) is 0. The second-order valence-electron chi connectivity index (χ2n) is 3.48. The second kappa shape index (κ2) is 3.11. The van der Waals surface area contributed by atoms with Crippen LogP contribution >= 0.6 is 0 Å². The summed E-state index contributed by atoms with van der Waals surface area (Å²) in [5.74, 6) is 0.584. The molecule has 4 heteroatoms. The van der Waals surface area contributed by atoms with E-state index in [9.17, 15) is 4.21 Å². The maximum atomic E-state index is 11.0. The first-order chi connectivity index (χ1) is 4.99. The van der Waals surface area contributed by atoms with Crippen molar-refractivity contribution in [3.8, 4) is 0 Å². The molecule has 0 aromatic heterocycles. The summed E-state index contributed by atoms with van der Waals surface area (Å²) >= 11 is 0. The zero-order valence-electron chi connectivity index (χ0n) is 7.09. The van der Waals surface area contributed by atoms with Crippen LogP contribution in [-0.4, -0.2) is 16.5 Å². The van der Waals surface area contributed by atoms with Crippen LogP contribution in [-0.2, 0) is 9.92 Å². The van der Waals surface area contributed by atoms with E-state index >= 15 is 0 Å². The van der Waals surface area contributed by atoms with E-state index in [1.165, 1.54) is 19.1 Å². The van der Waals surface area contributed by atoms with Crippen LogP contribution in [0.5, 0.6) is 0 Å². The van der Waals surface area contributed by atoms with Crippen molar-refractivity contribution in [1.29, 1.82) is 4.78 Å². The van der Waals surface area contributed by atoms with Gasteiger partial charge in [-0.2, -0.15) is 0 Å². The van der Waals surface area contributed by atoms with Crippen LogP contribution in [0.1, 0.15) is 26.2 Å². The van der Waals surface area contributed by atoms with Gasteiger partial charge in [0, 0.05) is 12.3 Å². The van der Waals surface area contributed by atoms with Gasteiger partial charge in [0.2, 0.25) is 0 Å². The summed E-state index contributed by atoms with van der Waals surface area (Å²) in [6.45, 7) is 2.15. The molecule has 0 aromatic rings. The van der Waals surface area contributed by atoms with Gasteiger partial charge in [-0.15, -0.1) is 0 Å². The van der Waals surface area contributed by atoms with E-state index in [1.54, 1.807) is 0 Å². The highest BCUT2D eigenvalue weighted by Gasteiger charge is 2.24. The summed E-state index contributed by atoms with van der Waals surface area (Å²) < 4.78 is 21.1. The minimum atomic E-state index is -2.49. The third-order valence-corrected chi connectivity index (χ3v) is 2.99. The standard InChI is InChI=1S/C7H16N2OS/c1-6-4-3-5-7(6)9-11(2,8)10/h6-7H,3-5H2,1-2H3,(H2,8,9,10). The van der Waals surface area contributed by atoms with Crippen molar-refractivity contribution in [2.45, 2.75) is 32.2 Å². The van der Waals surface area contributed by atoms with E-state index in [-0.39, 0.29) is 0 Å². The maximum absolute atomic E-state index is 11.0. The van der Waals surface area contributed by atoms with E-state index in [0.29, 0.717) is 12.0 Å². The van der Waals surface area contributed by atoms with Crippen LogP contribution in [0, 0.1) is 10.7 Å². The van der Waals surface area contributed by atoms with Crippen LogP contribution in [0.25, 0.3) is 0 Å². The Balaban J connectivity index is 2.50. The molecule has 0 spiro atoms. The molecular formula is C7H16N2OS. The molecule has 0 aromatic carbocycles. The number of hydrogen-bond acceptors (Lipinski definition) is 2. The summed E-state index contributed by atoms with van der Waals surface area (Å²) in [5, 5.41) is 0. The van der Waals surface area contributed by atoms with Gasteiger partial charge in [-0.3, -0.25) is 0 Å². The largest absolute Gasteiger partial charge is 0.241 e. The smallest absolute Gasteiger partial charge is 0.102 e. The fraction of sp³-hybridized carbons (Fsp3) is 1.00. The molecule has 0 heterocycles. The molecule has 1 saturated carbocycles. The summed E-state index contributed by atoms with van der Waals surface area (Å²) in [6, 6.07) is 0.310. The Kier molecular flexibility index (Phi) is 2.54. The van der Waals surface area contributed by atoms with Gasteiger partial charge in [0.25, 0.3) is 0 Å². The minimum Gasteiger partial charge on any atom is -0.241 e. The fourth-order valence-electron chi connectivity index (χ4n) is 1.61. The first kappa shape index (κ1) is 9.00. The second-order valence-corrected chi connectivity index (χ2v) is 5.40. The lowest BCUT2D eigenvalue weighted by atomic mass is 10.1. The van der Waals surface area contributed by atoms with Crippen molar-refractivity contribution in [1.82, 2.24) is 4.72 Å². The molecule has 1 aliphatic carbocycles. The van der Waals surface area contributed by atoms with E-state index in [4.69, 9.17) is 4.78 Å². The van der Waals surface area contributed by atoms with Gasteiger partial charge in [-0.05, 0) is 18.8 Å². The molecule has 1 rings (SSSR count). The zero-order chi connectivity index (χ0) is 8.48. The van der Waals surface area contributed by atoms with Crippen LogP contribution in [0.4, 0.5) is 0 Å². The van der Waals surface area contributed by atoms with Crippen LogP contribution < -0.4 is 4.72 Å². The van der Waals surface area contributed by atoms with Crippen LogP contribution in [0.15, 0.2) is 0 Å². The van der Waals surface area contributed by atoms with Crippen molar-refractivity contribution in [2.24, 2.45) is 5.92 Å². The van der Waals surface area contributed by atoms with E-state index in [2.05, 4.69) is 11.6 Å². The highest BCUT2D eigenvalue weighted by atomic mass is 32.2. The van der Waals surface area contributed by atoms with Crippen molar-refractivity contribution in [3.63, 3.8) is 0 Å². The van der Waals surface area contributed by atoms with Crippen molar-refractivity contribution in [3.05, 3.63) is 0 Å². The molecule has 0 bridgehead atoms. The first-order valence-electron chi connectivity index (χ1n) is 4.00. The summed E-state index contributed by atoms with van der Waals surface area (Å²) in [7, 11) is -2.49. The fourth-order valence-corrected chi connectivity index (χ4v) is 2.54. The van der Waals surface area contributed by atoms with Gasteiger partial charge in [-0.1, -0.05) is 13.3 Å². The van der Waals surface area contributed by atoms with Crippen molar-refractivity contribution >= 4 is 9.92 Å². The Labute approximate surface area is 68.7 Å². The Morgan fingerprint density at radius 3 is 2.55 bits per heavy atom. The molecule has 0 amide bonds. The zero-order valence-corrected chi connectivity index (χ0v) is 7.91. The van der Waals surface area contributed by atoms with Crippen molar-refractivity contribution in [2.75, 3.05) is 6.26 Å². The normalized spacial score (nSPS) is 36.9. The molecule has 1 fully saturated rings. The maximum Gasteiger partial charge on any atom is 0.102 e. The average molecular weight is 176 g/mol. The quantitative estimate of drug-likeness (QED) is 0.655. The third-order valence-electron chi connectivity index (χ3n) is 2.24. The lowest BCUT2D eigenvalue weighted by molar-refractivity contribution is 0.491. The van der Waals surface area contributed by atoms with Gasteiger partial charge < -0.3 is 0 Å². The number of hydrogen-bond donors (Lipinski definition) is 2. The van der Waals surface area contributed by atoms with Crippen molar-refractivity contribution < 1.29 is 4.21 Å². The molecule has 11 heavy (non-hydrogen) atoms. The predicted octanol–water partition coefficient (Wildman–Crippen LogP) is 1.36. The molecule has 2 N–H and O–H groups in total. The first-order valence-corrected chi connectivity index (χ1v) is 5.97. The minimum absolute atomic E-state index is 0.310. The molecule has 3 unspecified atom stereocenters. The summed E-state index contributed by atoms with van der Waals surface area (Å²) in [4.78, 5) is 0. The highest BCUT2D eigenvalue weighted by molar-refractivity contribution is 7.89. The van der Waals surface area contributed by atoms with Gasteiger partial charge in [0.05, 0.1) is 0 Å². The Hall–Kier alpha value is -0.0900. The highest BCUT2D eigenvalue weighted by Crippen LogP contribution is 2.25. The third kappa shape index (κ3) is 2.79. The molecule has 0 radical (unpaired) electrons. The lowest BCUT2D eigenvalue weighted by Crippen LogP contribution is -2.34. The van der Waals surface area contributed by atoms with Crippen LogP contribution in [0.2, 0.25) is 0 Å². The summed E-state index contributed by atoms with van der Waals surface area (Å²) in [6.07, 6.45) is 4.92. The molecule has 66 valence electrons. The molecule has 3 nitrogen and oxygen atoms in total. The molecular weight excluding hydrogens is 160 g/mol. The Morgan fingerprint density at radius 2 is 2.18 bits per heavy atom. The van der Waals surface area contributed by atoms with Gasteiger partial charge in [-0.25, -0.2) is 13.7 Å². The monoisotopic (exact) mass is 176 g/mol. The van der Waals surface area contributed by atoms with Gasteiger partial charge in [0.15, 0.2) is 0 Å². The topological polar surface area (TPSA) is 53.0 Å². The lowest BCUT2D eigenvalue weighted by Gasteiger charge is -2.16. The average Bonchev–Trinajstić information content (AvgIpc) is 2.12. The van der Waals surface area contributed by atoms with E-state index in [0.717, 1.165) is 6.42 Å². The SMILES string of the molecule is CC1CCCC1NS(C)(=N)=O. The van der Waals surface area contributed by atoms with Gasteiger partial charge >= 0.3 is 0 Å².